The van der Waals surface area contributed by atoms with Crippen LogP contribution in [0.5, 0.6) is 0 Å². The Morgan fingerprint density at radius 2 is 2.20 bits per heavy atom. The summed E-state index contributed by atoms with van der Waals surface area (Å²) in [6, 6.07) is 0. The highest BCUT2D eigenvalue weighted by Crippen LogP contribution is 2.08. The SMILES string of the molecule is CC1=CC(C)=[N+](O)C(=S)C1. The Balaban J connectivity index is 3.03. The molecule has 1 rings (SSSR count). The van der Waals surface area contributed by atoms with Crippen molar-refractivity contribution in [2.45, 2.75) is 20.3 Å². The van der Waals surface area contributed by atoms with E-state index >= 15 is 0 Å². The quantitative estimate of drug-likeness (QED) is 0.326. The van der Waals surface area contributed by atoms with E-state index in [1.54, 1.807) is 0 Å². The summed E-state index contributed by atoms with van der Waals surface area (Å²) < 4.78 is 1.06. The molecule has 1 aliphatic rings. The van der Waals surface area contributed by atoms with Crippen molar-refractivity contribution in [3.8, 4) is 0 Å². The van der Waals surface area contributed by atoms with Gasteiger partial charge in [0.05, 0.1) is 6.42 Å². The molecule has 0 saturated carbocycles. The molecule has 0 radical (unpaired) electrons. The molecule has 0 amide bonds. The second kappa shape index (κ2) is 2.50. The molecule has 0 aromatic carbocycles. The first-order valence-electron chi connectivity index (χ1n) is 3.14. The third kappa shape index (κ3) is 1.24. The van der Waals surface area contributed by atoms with Crippen LogP contribution >= 0.6 is 12.2 Å². The minimum Gasteiger partial charge on any atom is -0.284 e. The molecule has 0 aromatic rings. The van der Waals surface area contributed by atoms with E-state index in [0.717, 1.165) is 10.5 Å². The average Bonchev–Trinajstić information content (AvgIpc) is 1.82. The van der Waals surface area contributed by atoms with Crippen molar-refractivity contribution in [1.82, 2.24) is 0 Å². The van der Waals surface area contributed by atoms with E-state index in [4.69, 9.17) is 12.2 Å². The Bertz CT molecular complexity index is 240. The average molecular weight is 156 g/mol. The molecular weight excluding hydrogens is 146 g/mol. The molecular formula is C7H10NOS+. The van der Waals surface area contributed by atoms with Gasteiger partial charge in [-0.1, -0.05) is 5.57 Å². The van der Waals surface area contributed by atoms with Crippen LogP contribution in [0.25, 0.3) is 0 Å². The topological polar surface area (TPSA) is 23.2 Å². The van der Waals surface area contributed by atoms with Crippen LogP contribution in [0.15, 0.2) is 11.6 Å². The van der Waals surface area contributed by atoms with E-state index in [1.807, 2.05) is 19.9 Å². The van der Waals surface area contributed by atoms with Crippen molar-refractivity contribution in [3.05, 3.63) is 11.6 Å². The fraction of sp³-hybridized carbons (Fsp3) is 0.429. The maximum atomic E-state index is 9.17. The van der Waals surface area contributed by atoms with Gasteiger partial charge in [0.2, 0.25) is 5.71 Å². The van der Waals surface area contributed by atoms with Gasteiger partial charge in [0, 0.05) is 17.7 Å². The lowest BCUT2D eigenvalue weighted by atomic mass is 10.1. The number of rotatable bonds is 0. The van der Waals surface area contributed by atoms with Crippen molar-refractivity contribution in [2.75, 3.05) is 0 Å². The first-order valence-corrected chi connectivity index (χ1v) is 3.54. The summed E-state index contributed by atoms with van der Waals surface area (Å²) in [5.74, 6) is 0. The Hall–Kier alpha value is -0.700. The van der Waals surface area contributed by atoms with Gasteiger partial charge in [-0.15, -0.1) is 0 Å². The lowest BCUT2D eigenvalue weighted by Crippen LogP contribution is -2.24. The van der Waals surface area contributed by atoms with Crippen LogP contribution in [0, 0.1) is 0 Å². The van der Waals surface area contributed by atoms with Crippen molar-refractivity contribution >= 4 is 22.9 Å². The van der Waals surface area contributed by atoms with E-state index in [1.165, 1.54) is 5.57 Å². The molecule has 3 heteroatoms. The molecule has 0 aliphatic carbocycles. The molecule has 0 saturated heterocycles. The molecule has 0 bridgehead atoms. The minimum absolute atomic E-state index is 0.581. The molecule has 10 heavy (non-hydrogen) atoms. The van der Waals surface area contributed by atoms with Crippen LogP contribution in [0.1, 0.15) is 20.3 Å². The molecule has 0 fully saturated rings. The van der Waals surface area contributed by atoms with Crippen molar-refractivity contribution in [2.24, 2.45) is 0 Å². The van der Waals surface area contributed by atoms with Gasteiger partial charge in [0.25, 0.3) is 0 Å². The van der Waals surface area contributed by atoms with Crippen LogP contribution in [-0.4, -0.2) is 20.6 Å². The minimum atomic E-state index is 0.581. The predicted octanol–water partition coefficient (Wildman–Crippen LogP) is 1.53. The molecule has 1 heterocycles. The third-order valence-electron chi connectivity index (χ3n) is 1.46. The summed E-state index contributed by atoms with van der Waals surface area (Å²) in [5.41, 5.74) is 2.00. The highest BCUT2D eigenvalue weighted by atomic mass is 32.1. The summed E-state index contributed by atoms with van der Waals surface area (Å²) in [6.07, 6.45) is 2.62. The van der Waals surface area contributed by atoms with Gasteiger partial charge < -0.3 is 0 Å². The molecule has 0 atom stereocenters. The molecule has 2 nitrogen and oxygen atoms in total. The smallest absolute Gasteiger partial charge is 0.284 e. The van der Waals surface area contributed by atoms with E-state index in [0.29, 0.717) is 11.4 Å². The van der Waals surface area contributed by atoms with Gasteiger partial charge in [0.15, 0.2) is 0 Å². The number of hydroxylamine groups is 1. The van der Waals surface area contributed by atoms with Gasteiger partial charge >= 0.3 is 4.99 Å². The van der Waals surface area contributed by atoms with Crippen molar-refractivity contribution in [3.63, 3.8) is 0 Å². The van der Waals surface area contributed by atoms with Crippen molar-refractivity contribution < 1.29 is 9.95 Å². The molecule has 1 N–H and O–H groups in total. The van der Waals surface area contributed by atoms with Crippen LogP contribution in [0.2, 0.25) is 0 Å². The highest BCUT2D eigenvalue weighted by Gasteiger charge is 2.20. The monoisotopic (exact) mass is 156 g/mol. The second-order valence-electron chi connectivity index (χ2n) is 2.51. The lowest BCUT2D eigenvalue weighted by molar-refractivity contribution is -0.688. The summed E-state index contributed by atoms with van der Waals surface area (Å²) in [7, 11) is 0. The molecule has 0 spiro atoms. The predicted molar refractivity (Wildman–Crippen MR) is 43.7 cm³/mol. The maximum Gasteiger partial charge on any atom is 0.302 e. The summed E-state index contributed by atoms with van der Waals surface area (Å²) in [6.45, 7) is 3.83. The standard InChI is InChI=1S/C7H10NOS/c1-5-3-6(2)8(9)7(10)4-5/h3,9H,4H2,1-2H3/q+1. The number of allylic oxidation sites excluding steroid dienone is 1. The Labute approximate surface area is 65.4 Å². The Kier molecular flexibility index (Phi) is 1.85. The van der Waals surface area contributed by atoms with Gasteiger partial charge in [-0.05, 0) is 19.1 Å². The van der Waals surface area contributed by atoms with E-state index in [-0.39, 0.29) is 0 Å². The molecule has 0 aromatic heterocycles. The third-order valence-corrected chi connectivity index (χ3v) is 1.77. The normalized spacial score (nSPS) is 19.4. The zero-order chi connectivity index (χ0) is 7.72. The fourth-order valence-electron chi connectivity index (χ4n) is 0.979. The number of thiocarbonyl (C=S) groups is 1. The number of hydrogen-bond donors (Lipinski definition) is 1. The van der Waals surface area contributed by atoms with E-state index in [2.05, 4.69) is 0 Å². The largest absolute Gasteiger partial charge is 0.302 e. The van der Waals surface area contributed by atoms with Crippen LogP contribution in [0.4, 0.5) is 0 Å². The van der Waals surface area contributed by atoms with Gasteiger partial charge in [0.1, 0.15) is 0 Å². The number of nitrogens with zero attached hydrogens (tertiary/aromatic N) is 1. The highest BCUT2D eigenvalue weighted by molar-refractivity contribution is 7.80. The van der Waals surface area contributed by atoms with Crippen LogP contribution < -0.4 is 0 Å². The second-order valence-corrected chi connectivity index (χ2v) is 2.99. The van der Waals surface area contributed by atoms with Crippen LogP contribution in [0.3, 0.4) is 0 Å². The Morgan fingerprint density at radius 1 is 1.60 bits per heavy atom. The summed E-state index contributed by atoms with van der Waals surface area (Å²) in [5, 5.41) is 9.17. The molecule has 0 unspecified atom stereocenters. The van der Waals surface area contributed by atoms with Crippen molar-refractivity contribution in [1.29, 1.82) is 0 Å². The fourth-order valence-corrected chi connectivity index (χ4v) is 1.35. The Morgan fingerprint density at radius 3 is 2.70 bits per heavy atom. The maximum absolute atomic E-state index is 9.17. The summed E-state index contributed by atoms with van der Waals surface area (Å²) in [4.78, 5) is 0.581. The molecule has 1 aliphatic heterocycles. The number of hydrogen-bond acceptors (Lipinski definition) is 2. The van der Waals surface area contributed by atoms with Gasteiger partial charge in [-0.3, -0.25) is 5.21 Å². The first kappa shape index (κ1) is 7.41. The summed E-state index contributed by atoms with van der Waals surface area (Å²) >= 11 is 4.90. The van der Waals surface area contributed by atoms with Crippen LogP contribution in [-0.2, 0) is 0 Å². The van der Waals surface area contributed by atoms with Gasteiger partial charge in [-0.2, -0.15) is 0 Å². The zero-order valence-electron chi connectivity index (χ0n) is 6.09. The molecule has 54 valence electrons. The van der Waals surface area contributed by atoms with Gasteiger partial charge in [-0.25, -0.2) is 0 Å². The zero-order valence-corrected chi connectivity index (χ0v) is 6.90. The lowest BCUT2D eigenvalue weighted by Gasteiger charge is -2.03. The first-order chi connectivity index (χ1) is 4.61. The van der Waals surface area contributed by atoms with E-state index in [9.17, 15) is 5.21 Å². The van der Waals surface area contributed by atoms with E-state index < -0.39 is 0 Å².